The van der Waals surface area contributed by atoms with E-state index in [2.05, 4.69) is 29.3 Å². The molecule has 0 atom stereocenters. The number of hydrogen-bond donors (Lipinski definition) is 3. The van der Waals surface area contributed by atoms with Gasteiger partial charge in [-0.15, -0.1) is 0 Å². The second kappa shape index (κ2) is 9.28. The van der Waals surface area contributed by atoms with Crippen molar-refractivity contribution < 1.29 is 29.3 Å². The SMILES string of the molecule is O=C(NCC#Cc1cc(C(=O)O)ccc1C(=O)O)OCC1c2ccccc2-c2ccccc21. The third-order valence-corrected chi connectivity index (χ3v) is 5.38. The van der Waals surface area contributed by atoms with Crippen molar-refractivity contribution >= 4 is 18.0 Å². The molecule has 1 amide bonds. The number of alkyl carbamates (subject to hydrolysis) is 1. The van der Waals surface area contributed by atoms with Gasteiger partial charge < -0.3 is 20.3 Å². The van der Waals surface area contributed by atoms with Crippen LogP contribution in [0.5, 0.6) is 0 Å². The Morgan fingerprint density at radius 3 is 2.12 bits per heavy atom. The predicted molar refractivity (Wildman–Crippen MR) is 120 cm³/mol. The topological polar surface area (TPSA) is 113 Å². The number of rotatable bonds is 5. The summed E-state index contributed by atoms with van der Waals surface area (Å²) in [5.74, 6) is 2.77. The van der Waals surface area contributed by atoms with Gasteiger partial charge in [0.25, 0.3) is 0 Å². The van der Waals surface area contributed by atoms with Gasteiger partial charge in [0.15, 0.2) is 0 Å². The summed E-state index contributed by atoms with van der Waals surface area (Å²) < 4.78 is 5.41. The molecule has 0 spiro atoms. The molecule has 0 aliphatic heterocycles. The van der Waals surface area contributed by atoms with Gasteiger partial charge in [-0.3, -0.25) is 0 Å². The van der Waals surface area contributed by atoms with Gasteiger partial charge in [0, 0.05) is 11.5 Å². The fourth-order valence-corrected chi connectivity index (χ4v) is 3.87. The molecule has 3 N–H and O–H groups in total. The summed E-state index contributed by atoms with van der Waals surface area (Å²) in [6.45, 7) is 0.0736. The number of benzene rings is 3. The van der Waals surface area contributed by atoms with Crippen LogP contribution < -0.4 is 5.32 Å². The van der Waals surface area contributed by atoms with E-state index >= 15 is 0 Å². The van der Waals surface area contributed by atoms with Crippen molar-refractivity contribution in [3.63, 3.8) is 0 Å². The Morgan fingerprint density at radius 1 is 0.879 bits per heavy atom. The van der Waals surface area contributed by atoms with Crippen molar-refractivity contribution in [2.45, 2.75) is 5.92 Å². The Hall–Kier alpha value is -4.57. The van der Waals surface area contributed by atoms with Gasteiger partial charge >= 0.3 is 18.0 Å². The molecule has 0 saturated carbocycles. The van der Waals surface area contributed by atoms with Crippen LogP contribution in [0.25, 0.3) is 11.1 Å². The van der Waals surface area contributed by atoms with Gasteiger partial charge in [-0.05, 0) is 40.5 Å². The molecule has 164 valence electrons. The summed E-state index contributed by atoms with van der Waals surface area (Å²) in [6.07, 6.45) is -0.649. The van der Waals surface area contributed by atoms with E-state index in [-0.39, 0.29) is 35.8 Å². The molecule has 0 unspecified atom stereocenters. The van der Waals surface area contributed by atoms with Crippen LogP contribution in [0.1, 0.15) is 43.3 Å². The first kappa shape index (κ1) is 21.7. The fraction of sp³-hybridized carbons (Fsp3) is 0.115. The number of aromatic carboxylic acids is 2. The molecule has 7 nitrogen and oxygen atoms in total. The van der Waals surface area contributed by atoms with E-state index in [1.165, 1.54) is 18.2 Å². The normalized spacial score (nSPS) is 11.5. The van der Waals surface area contributed by atoms with Crippen molar-refractivity contribution in [2.24, 2.45) is 0 Å². The lowest BCUT2D eigenvalue weighted by Crippen LogP contribution is -2.26. The van der Waals surface area contributed by atoms with Crippen LogP contribution in [-0.4, -0.2) is 41.4 Å². The molecule has 0 fully saturated rings. The lowest BCUT2D eigenvalue weighted by molar-refractivity contribution is 0.0681. The number of fused-ring (bicyclic) bond motifs is 3. The van der Waals surface area contributed by atoms with Crippen molar-refractivity contribution in [3.05, 3.63) is 94.5 Å². The van der Waals surface area contributed by atoms with Crippen LogP contribution in [0.4, 0.5) is 4.79 Å². The highest BCUT2D eigenvalue weighted by Gasteiger charge is 2.28. The first-order chi connectivity index (χ1) is 16.0. The number of carboxylic acid groups (broad SMARTS) is 2. The van der Waals surface area contributed by atoms with Crippen molar-refractivity contribution in [1.82, 2.24) is 5.32 Å². The molecule has 0 aromatic heterocycles. The lowest BCUT2D eigenvalue weighted by atomic mass is 9.98. The lowest BCUT2D eigenvalue weighted by Gasteiger charge is -2.14. The molecule has 3 aromatic rings. The van der Waals surface area contributed by atoms with E-state index in [0.717, 1.165) is 22.3 Å². The van der Waals surface area contributed by atoms with Gasteiger partial charge in [-0.1, -0.05) is 60.4 Å². The maximum Gasteiger partial charge on any atom is 0.407 e. The van der Waals surface area contributed by atoms with Crippen LogP contribution >= 0.6 is 0 Å². The molecule has 0 heterocycles. The van der Waals surface area contributed by atoms with Crippen molar-refractivity contribution in [1.29, 1.82) is 0 Å². The van der Waals surface area contributed by atoms with Gasteiger partial charge in [0.05, 0.1) is 17.7 Å². The van der Waals surface area contributed by atoms with Crippen LogP contribution in [-0.2, 0) is 4.74 Å². The zero-order valence-electron chi connectivity index (χ0n) is 17.4. The van der Waals surface area contributed by atoms with E-state index in [9.17, 15) is 19.5 Å². The zero-order chi connectivity index (χ0) is 23.4. The second-order valence-corrected chi connectivity index (χ2v) is 7.35. The first-order valence-corrected chi connectivity index (χ1v) is 10.1. The average Bonchev–Trinajstić information content (AvgIpc) is 3.14. The quantitative estimate of drug-likeness (QED) is 0.517. The number of amides is 1. The Labute approximate surface area is 189 Å². The summed E-state index contributed by atoms with van der Waals surface area (Å²) in [7, 11) is 0. The Bertz CT molecular complexity index is 1270. The number of carbonyl (C=O) groups excluding carboxylic acids is 1. The van der Waals surface area contributed by atoms with Gasteiger partial charge in [-0.2, -0.15) is 0 Å². The molecular weight excluding hydrogens is 422 g/mol. The van der Waals surface area contributed by atoms with E-state index in [0.29, 0.717) is 0 Å². The monoisotopic (exact) mass is 441 g/mol. The highest BCUT2D eigenvalue weighted by Crippen LogP contribution is 2.44. The highest BCUT2D eigenvalue weighted by molar-refractivity contribution is 5.94. The number of nitrogens with one attached hydrogen (secondary N) is 1. The number of hydrogen-bond acceptors (Lipinski definition) is 4. The minimum atomic E-state index is -1.22. The summed E-state index contributed by atoms with van der Waals surface area (Å²) >= 11 is 0. The molecule has 1 aliphatic rings. The van der Waals surface area contributed by atoms with Crippen LogP contribution in [0.2, 0.25) is 0 Å². The van der Waals surface area contributed by atoms with Crippen LogP contribution in [0, 0.1) is 11.8 Å². The largest absolute Gasteiger partial charge is 0.478 e. The van der Waals surface area contributed by atoms with E-state index < -0.39 is 18.0 Å². The summed E-state index contributed by atoms with van der Waals surface area (Å²) in [4.78, 5) is 34.6. The molecule has 0 saturated heterocycles. The number of carbonyl (C=O) groups is 3. The van der Waals surface area contributed by atoms with E-state index in [4.69, 9.17) is 9.84 Å². The van der Waals surface area contributed by atoms with E-state index in [1.54, 1.807) is 0 Å². The summed E-state index contributed by atoms with van der Waals surface area (Å²) in [5, 5.41) is 20.8. The Morgan fingerprint density at radius 2 is 1.52 bits per heavy atom. The smallest absolute Gasteiger partial charge is 0.407 e. The minimum Gasteiger partial charge on any atom is -0.478 e. The zero-order valence-corrected chi connectivity index (χ0v) is 17.4. The summed E-state index contributed by atoms with van der Waals surface area (Å²) in [6, 6.07) is 19.6. The van der Waals surface area contributed by atoms with Crippen LogP contribution in [0.3, 0.4) is 0 Å². The van der Waals surface area contributed by atoms with E-state index in [1.807, 2.05) is 36.4 Å². The third-order valence-electron chi connectivity index (χ3n) is 5.38. The molecule has 0 radical (unpaired) electrons. The average molecular weight is 441 g/mol. The molecule has 3 aromatic carbocycles. The van der Waals surface area contributed by atoms with Gasteiger partial charge in [0.1, 0.15) is 6.61 Å². The number of carboxylic acids is 2. The Kier molecular flexibility index (Phi) is 6.09. The standard InChI is InChI=1S/C26H19NO6/c28-24(29)17-11-12-18(25(30)31)16(14-17)6-5-13-27-26(32)33-15-23-21-9-3-1-7-19(21)20-8-2-4-10-22(20)23/h1-4,7-12,14,23H,13,15H2,(H,27,32)(H,28,29)(H,30,31). The third kappa shape index (κ3) is 4.55. The minimum absolute atomic E-state index is 0.0525. The highest BCUT2D eigenvalue weighted by atomic mass is 16.5. The molecule has 33 heavy (non-hydrogen) atoms. The molecule has 4 rings (SSSR count). The predicted octanol–water partition coefficient (Wildman–Crippen LogP) is 3.97. The first-order valence-electron chi connectivity index (χ1n) is 10.1. The number of ether oxygens (including phenoxy) is 1. The fourth-order valence-electron chi connectivity index (χ4n) is 3.87. The molecule has 0 bridgehead atoms. The van der Waals surface area contributed by atoms with Crippen molar-refractivity contribution in [3.8, 4) is 23.0 Å². The molecule has 1 aliphatic carbocycles. The second-order valence-electron chi connectivity index (χ2n) is 7.35. The molecule has 7 heteroatoms. The maximum absolute atomic E-state index is 12.2. The molecular formula is C26H19NO6. The van der Waals surface area contributed by atoms with Crippen molar-refractivity contribution in [2.75, 3.05) is 13.2 Å². The maximum atomic E-state index is 12.2. The van der Waals surface area contributed by atoms with Crippen LogP contribution in [0.15, 0.2) is 66.7 Å². The van der Waals surface area contributed by atoms with Gasteiger partial charge in [0.2, 0.25) is 0 Å². The summed E-state index contributed by atoms with van der Waals surface area (Å²) in [5.41, 5.74) is 4.33. The van der Waals surface area contributed by atoms with Gasteiger partial charge in [-0.25, -0.2) is 14.4 Å². The Balaban J connectivity index is 1.39.